The molecule has 1 amide bonds. The molecule has 6 heteroatoms. The van der Waals surface area contributed by atoms with Crippen molar-refractivity contribution in [2.45, 2.75) is 25.8 Å². The first-order valence-corrected chi connectivity index (χ1v) is 6.91. The van der Waals surface area contributed by atoms with Crippen molar-refractivity contribution in [3.8, 4) is 0 Å². The Balaban J connectivity index is 2.17. The normalized spacial score (nSPS) is 19.7. The highest BCUT2D eigenvalue weighted by Crippen LogP contribution is 2.23. The molecular weight excluding hydrogens is 262 g/mol. The summed E-state index contributed by atoms with van der Waals surface area (Å²) < 4.78 is 1.50. The minimum absolute atomic E-state index is 0.142. The molecule has 0 radical (unpaired) electrons. The quantitative estimate of drug-likeness (QED) is 0.862. The minimum atomic E-state index is -0.491. The molecule has 1 aliphatic rings. The van der Waals surface area contributed by atoms with E-state index < -0.39 is 6.04 Å². The second-order valence-electron chi connectivity index (χ2n) is 4.62. The number of rotatable bonds is 1. The third kappa shape index (κ3) is 1.88. The molecule has 0 aliphatic carbocycles. The van der Waals surface area contributed by atoms with Crippen molar-refractivity contribution in [2.24, 2.45) is 0 Å². The first kappa shape index (κ1) is 12.1. The van der Waals surface area contributed by atoms with E-state index in [-0.39, 0.29) is 11.5 Å². The first-order valence-electron chi connectivity index (χ1n) is 6.03. The summed E-state index contributed by atoms with van der Waals surface area (Å²) in [6.45, 7) is 5.51. The number of nitrogens with zero attached hydrogens (tertiary/aromatic N) is 2. The number of allylic oxidation sites excluding steroid dienone is 1. The first-order chi connectivity index (χ1) is 9.08. The van der Waals surface area contributed by atoms with Crippen LogP contribution in [-0.4, -0.2) is 15.5 Å². The second kappa shape index (κ2) is 4.31. The van der Waals surface area contributed by atoms with E-state index in [1.165, 1.54) is 15.9 Å². The summed E-state index contributed by atoms with van der Waals surface area (Å²) in [5, 5.41) is 5.12. The molecule has 3 rings (SSSR count). The number of piperidine rings is 1. The van der Waals surface area contributed by atoms with Crippen LogP contribution in [0.15, 0.2) is 28.5 Å². The van der Waals surface area contributed by atoms with Crippen molar-refractivity contribution in [1.82, 2.24) is 14.9 Å². The Kier molecular flexibility index (Phi) is 2.74. The van der Waals surface area contributed by atoms with Gasteiger partial charge in [-0.3, -0.25) is 14.2 Å². The standard InChI is InChI=1S/C13H13N3O2S/c1-7-3-4-10(11(17)14-7)16-8(2)15-12-9(13(16)18)5-6-19-12/h5-6,10H,1,3-4H2,2H3,(H,14,17). The summed E-state index contributed by atoms with van der Waals surface area (Å²) in [5.41, 5.74) is 0.563. The van der Waals surface area contributed by atoms with Gasteiger partial charge in [0.05, 0.1) is 5.39 Å². The fourth-order valence-electron chi connectivity index (χ4n) is 2.40. The zero-order valence-corrected chi connectivity index (χ0v) is 11.3. The lowest BCUT2D eigenvalue weighted by Crippen LogP contribution is -2.41. The molecule has 0 spiro atoms. The zero-order chi connectivity index (χ0) is 13.6. The molecule has 0 saturated carbocycles. The van der Waals surface area contributed by atoms with Gasteiger partial charge in [-0.2, -0.15) is 0 Å². The van der Waals surface area contributed by atoms with Crippen molar-refractivity contribution in [3.63, 3.8) is 0 Å². The van der Waals surface area contributed by atoms with Crippen LogP contribution in [0.5, 0.6) is 0 Å². The van der Waals surface area contributed by atoms with E-state index in [2.05, 4.69) is 16.9 Å². The van der Waals surface area contributed by atoms with Crippen molar-refractivity contribution in [2.75, 3.05) is 0 Å². The average Bonchev–Trinajstić information content (AvgIpc) is 2.80. The van der Waals surface area contributed by atoms with E-state index in [0.29, 0.717) is 29.7 Å². The molecule has 19 heavy (non-hydrogen) atoms. The van der Waals surface area contributed by atoms with Gasteiger partial charge in [-0.15, -0.1) is 11.3 Å². The monoisotopic (exact) mass is 275 g/mol. The molecule has 2 aromatic heterocycles. The van der Waals surface area contributed by atoms with E-state index in [0.717, 1.165) is 4.83 Å². The Hall–Kier alpha value is -1.95. The summed E-state index contributed by atoms with van der Waals surface area (Å²) in [6, 6.07) is 1.26. The Bertz CT molecular complexity index is 744. The number of thiophene rings is 1. The van der Waals surface area contributed by atoms with Gasteiger partial charge in [0, 0.05) is 5.70 Å². The van der Waals surface area contributed by atoms with Crippen LogP contribution in [0, 0.1) is 6.92 Å². The number of carbonyl (C=O) groups excluding carboxylic acids is 1. The van der Waals surface area contributed by atoms with Gasteiger partial charge in [0.25, 0.3) is 5.56 Å². The van der Waals surface area contributed by atoms with Crippen molar-refractivity contribution < 1.29 is 4.79 Å². The molecule has 2 aromatic rings. The maximum absolute atomic E-state index is 12.5. The topological polar surface area (TPSA) is 64.0 Å². The van der Waals surface area contributed by atoms with E-state index in [9.17, 15) is 9.59 Å². The van der Waals surface area contributed by atoms with Crippen molar-refractivity contribution >= 4 is 27.5 Å². The average molecular weight is 275 g/mol. The van der Waals surface area contributed by atoms with Gasteiger partial charge in [-0.25, -0.2) is 4.98 Å². The lowest BCUT2D eigenvalue weighted by atomic mass is 10.0. The number of aromatic nitrogens is 2. The molecule has 5 nitrogen and oxygen atoms in total. The molecular formula is C13H13N3O2S. The van der Waals surface area contributed by atoms with Crippen LogP contribution in [0.4, 0.5) is 0 Å². The highest BCUT2D eigenvalue weighted by Gasteiger charge is 2.28. The third-order valence-corrected chi connectivity index (χ3v) is 4.15. The van der Waals surface area contributed by atoms with Crippen LogP contribution in [0.3, 0.4) is 0 Å². The molecule has 98 valence electrons. The highest BCUT2D eigenvalue weighted by molar-refractivity contribution is 7.16. The number of hydrogen-bond donors (Lipinski definition) is 1. The summed E-state index contributed by atoms with van der Waals surface area (Å²) in [7, 11) is 0. The summed E-state index contributed by atoms with van der Waals surface area (Å²) in [4.78, 5) is 29.6. The van der Waals surface area contributed by atoms with Gasteiger partial charge in [-0.1, -0.05) is 6.58 Å². The van der Waals surface area contributed by atoms with Gasteiger partial charge in [-0.05, 0) is 31.2 Å². The van der Waals surface area contributed by atoms with Crippen LogP contribution in [0.1, 0.15) is 24.7 Å². The van der Waals surface area contributed by atoms with Gasteiger partial charge < -0.3 is 5.32 Å². The molecule has 1 saturated heterocycles. The zero-order valence-electron chi connectivity index (χ0n) is 10.5. The van der Waals surface area contributed by atoms with E-state index in [1.54, 1.807) is 13.0 Å². The lowest BCUT2D eigenvalue weighted by molar-refractivity contribution is -0.124. The van der Waals surface area contributed by atoms with Crippen molar-refractivity contribution in [1.29, 1.82) is 0 Å². The molecule has 3 heterocycles. The minimum Gasteiger partial charge on any atom is -0.329 e. The predicted molar refractivity (Wildman–Crippen MR) is 74.2 cm³/mol. The molecule has 1 aliphatic heterocycles. The summed E-state index contributed by atoms with van der Waals surface area (Å²) in [5.74, 6) is 0.394. The van der Waals surface area contributed by atoms with Crippen LogP contribution in [0.2, 0.25) is 0 Å². The maximum Gasteiger partial charge on any atom is 0.263 e. The van der Waals surface area contributed by atoms with Gasteiger partial charge in [0.1, 0.15) is 16.7 Å². The molecule has 1 N–H and O–H groups in total. The maximum atomic E-state index is 12.5. The van der Waals surface area contributed by atoms with Crippen molar-refractivity contribution in [3.05, 3.63) is 39.9 Å². The molecule has 1 atom stereocenters. The van der Waals surface area contributed by atoms with Crippen LogP contribution < -0.4 is 10.9 Å². The molecule has 1 unspecified atom stereocenters. The Labute approximate surface area is 113 Å². The SMILES string of the molecule is C=C1CCC(n2c(C)nc3sccc3c2=O)C(=O)N1. The number of nitrogens with one attached hydrogen (secondary N) is 1. The smallest absolute Gasteiger partial charge is 0.263 e. The van der Waals surface area contributed by atoms with E-state index in [4.69, 9.17) is 0 Å². The number of hydrogen-bond acceptors (Lipinski definition) is 4. The van der Waals surface area contributed by atoms with Crippen LogP contribution in [0.25, 0.3) is 10.2 Å². The highest BCUT2D eigenvalue weighted by atomic mass is 32.1. The van der Waals surface area contributed by atoms with E-state index >= 15 is 0 Å². The number of fused-ring (bicyclic) bond motifs is 1. The Morgan fingerprint density at radius 2 is 2.32 bits per heavy atom. The van der Waals surface area contributed by atoms with Crippen LogP contribution >= 0.6 is 11.3 Å². The lowest BCUT2D eigenvalue weighted by Gasteiger charge is -2.26. The molecule has 0 aromatic carbocycles. The Morgan fingerprint density at radius 1 is 1.53 bits per heavy atom. The fraction of sp³-hybridized carbons (Fsp3) is 0.308. The van der Waals surface area contributed by atoms with Crippen LogP contribution in [-0.2, 0) is 4.79 Å². The largest absolute Gasteiger partial charge is 0.329 e. The number of aryl methyl sites for hydroxylation is 1. The summed E-state index contributed by atoms with van der Waals surface area (Å²) >= 11 is 1.43. The summed E-state index contributed by atoms with van der Waals surface area (Å²) in [6.07, 6.45) is 1.27. The van der Waals surface area contributed by atoms with E-state index in [1.807, 2.05) is 5.38 Å². The van der Waals surface area contributed by atoms with Gasteiger partial charge in [0.2, 0.25) is 5.91 Å². The van der Waals surface area contributed by atoms with Gasteiger partial charge in [0.15, 0.2) is 0 Å². The second-order valence-corrected chi connectivity index (χ2v) is 5.52. The predicted octanol–water partition coefficient (Wildman–Crippen LogP) is 1.73. The fourth-order valence-corrected chi connectivity index (χ4v) is 3.20. The third-order valence-electron chi connectivity index (χ3n) is 3.34. The van der Waals surface area contributed by atoms with Gasteiger partial charge >= 0.3 is 0 Å². The number of carbonyl (C=O) groups is 1. The Morgan fingerprint density at radius 3 is 3.05 bits per heavy atom. The number of amides is 1. The molecule has 1 fully saturated rings. The molecule has 0 bridgehead atoms.